The van der Waals surface area contributed by atoms with Crippen molar-refractivity contribution in [1.82, 2.24) is 0 Å². The molecule has 3 aromatic rings. The van der Waals surface area contributed by atoms with Crippen molar-refractivity contribution in [3.8, 4) is 11.5 Å². The lowest BCUT2D eigenvalue weighted by Crippen LogP contribution is -2.25. The van der Waals surface area contributed by atoms with E-state index in [4.69, 9.17) is 27.5 Å². The maximum Gasteiger partial charge on any atom is 0.433 e. The highest BCUT2D eigenvalue weighted by Crippen LogP contribution is 2.35. The van der Waals surface area contributed by atoms with Gasteiger partial charge in [0.15, 0.2) is 0 Å². The lowest BCUT2D eigenvalue weighted by Gasteiger charge is -2.18. The molecule has 4 N–H and O–H groups in total. The standard InChI is InChI=1S/C24H20ClF3N2O2/c1-14-2-6-16(7-3-14)21(23(30)24(26,27)28)22(29)19-12-18(10-11-20(19)31)32-13-15-4-8-17(25)9-5-15/h2-12,30-31H,13,29H2,1H3/b22-21-,30-23?. The van der Waals surface area contributed by atoms with Gasteiger partial charge in [-0.1, -0.05) is 53.6 Å². The number of nitrogens with two attached hydrogens (primary N) is 1. The first-order valence-corrected chi connectivity index (χ1v) is 9.87. The van der Waals surface area contributed by atoms with E-state index in [0.29, 0.717) is 5.02 Å². The van der Waals surface area contributed by atoms with Gasteiger partial charge in [0.05, 0.1) is 5.70 Å². The zero-order valence-electron chi connectivity index (χ0n) is 17.0. The molecule has 4 nitrogen and oxygen atoms in total. The first kappa shape index (κ1) is 23.2. The molecule has 0 atom stereocenters. The van der Waals surface area contributed by atoms with Crippen LogP contribution in [0.2, 0.25) is 5.02 Å². The van der Waals surface area contributed by atoms with Crippen molar-refractivity contribution in [2.45, 2.75) is 19.7 Å². The van der Waals surface area contributed by atoms with E-state index < -0.39 is 17.5 Å². The Kier molecular flexibility index (Phi) is 6.79. The van der Waals surface area contributed by atoms with Crippen LogP contribution in [0.3, 0.4) is 0 Å². The van der Waals surface area contributed by atoms with E-state index >= 15 is 0 Å². The molecule has 0 saturated heterocycles. The number of allylic oxidation sites excluding steroid dienone is 1. The summed E-state index contributed by atoms with van der Waals surface area (Å²) in [6, 6.07) is 17.2. The van der Waals surface area contributed by atoms with Gasteiger partial charge >= 0.3 is 6.18 Å². The van der Waals surface area contributed by atoms with E-state index in [9.17, 15) is 18.3 Å². The van der Waals surface area contributed by atoms with Crippen LogP contribution in [-0.4, -0.2) is 17.0 Å². The summed E-state index contributed by atoms with van der Waals surface area (Å²) in [4.78, 5) is 0. The summed E-state index contributed by atoms with van der Waals surface area (Å²) >= 11 is 5.86. The fourth-order valence-electron chi connectivity index (χ4n) is 3.00. The van der Waals surface area contributed by atoms with Gasteiger partial charge in [-0.15, -0.1) is 0 Å². The average Bonchev–Trinajstić information content (AvgIpc) is 2.75. The highest BCUT2D eigenvalue weighted by molar-refractivity contribution is 6.31. The van der Waals surface area contributed by atoms with Crippen LogP contribution in [0.4, 0.5) is 13.2 Å². The average molecular weight is 461 g/mol. The van der Waals surface area contributed by atoms with Crippen molar-refractivity contribution in [3.05, 3.63) is 94.0 Å². The number of phenolic OH excluding ortho intramolecular Hbond substituents is 1. The van der Waals surface area contributed by atoms with Gasteiger partial charge in [0.2, 0.25) is 0 Å². The Bertz CT molecular complexity index is 1160. The molecule has 166 valence electrons. The zero-order valence-corrected chi connectivity index (χ0v) is 17.8. The van der Waals surface area contributed by atoms with Gasteiger partial charge in [-0.25, -0.2) is 0 Å². The predicted molar refractivity (Wildman–Crippen MR) is 120 cm³/mol. The molecule has 3 aromatic carbocycles. The molecule has 0 aliphatic heterocycles. The fraction of sp³-hybridized carbons (Fsp3) is 0.125. The molecular weight excluding hydrogens is 441 g/mol. The van der Waals surface area contributed by atoms with Crippen molar-refractivity contribution in [1.29, 1.82) is 5.41 Å². The highest BCUT2D eigenvalue weighted by atomic mass is 35.5. The summed E-state index contributed by atoms with van der Waals surface area (Å²) in [5.41, 5.74) is 5.31. The minimum absolute atomic E-state index is 0.0665. The number of benzene rings is 3. The number of hydrogen-bond acceptors (Lipinski definition) is 4. The van der Waals surface area contributed by atoms with Crippen LogP contribution in [-0.2, 0) is 6.61 Å². The summed E-state index contributed by atoms with van der Waals surface area (Å²) in [6.07, 6.45) is -4.93. The Morgan fingerprint density at radius 3 is 2.25 bits per heavy atom. The molecule has 0 heterocycles. The van der Waals surface area contributed by atoms with Gasteiger partial charge in [-0.3, -0.25) is 5.41 Å². The molecule has 0 unspecified atom stereocenters. The van der Waals surface area contributed by atoms with Crippen LogP contribution in [0.15, 0.2) is 66.7 Å². The molecule has 0 amide bonds. The highest BCUT2D eigenvalue weighted by Gasteiger charge is 2.38. The molecule has 0 aromatic heterocycles. The SMILES string of the molecule is Cc1ccc(/C(C(=N)C(F)(F)F)=C(/N)c2cc(OCc3ccc(Cl)cc3)ccc2O)cc1. The van der Waals surface area contributed by atoms with Crippen molar-refractivity contribution >= 4 is 28.6 Å². The second kappa shape index (κ2) is 9.36. The van der Waals surface area contributed by atoms with Crippen molar-refractivity contribution in [2.24, 2.45) is 5.73 Å². The van der Waals surface area contributed by atoms with Crippen LogP contribution in [0.25, 0.3) is 11.3 Å². The number of rotatable bonds is 6. The maximum atomic E-state index is 13.4. The monoisotopic (exact) mass is 460 g/mol. The topological polar surface area (TPSA) is 79.3 Å². The molecule has 8 heteroatoms. The Morgan fingerprint density at radius 1 is 1.03 bits per heavy atom. The lowest BCUT2D eigenvalue weighted by atomic mass is 9.94. The first-order valence-electron chi connectivity index (χ1n) is 9.50. The minimum atomic E-state index is -4.93. The quantitative estimate of drug-likeness (QED) is 0.296. The molecule has 0 aliphatic rings. The Morgan fingerprint density at radius 2 is 1.66 bits per heavy atom. The smallest absolute Gasteiger partial charge is 0.433 e. The molecule has 32 heavy (non-hydrogen) atoms. The van der Waals surface area contributed by atoms with Crippen LogP contribution >= 0.6 is 11.6 Å². The van der Waals surface area contributed by atoms with E-state index in [2.05, 4.69) is 0 Å². The molecule has 3 rings (SSSR count). The van der Waals surface area contributed by atoms with Crippen LogP contribution < -0.4 is 10.5 Å². The summed E-state index contributed by atoms with van der Waals surface area (Å²) in [6.45, 7) is 1.97. The number of phenols is 1. The third-order valence-corrected chi connectivity index (χ3v) is 4.97. The lowest BCUT2D eigenvalue weighted by molar-refractivity contribution is -0.0578. The Labute approximate surface area is 188 Å². The number of aryl methyl sites for hydroxylation is 1. The van der Waals surface area contributed by atoms with Gasteiger partial charge in [-0.2, -0.15) is 13.2 Å². The van der Waals surface area contributed by atoms with Gasteiger partial charge in [0.25, 0.3) is 0 Å². The number of alkyl halides is 3. The number of hydrogen-bond donors (Lipinski definition) is 3. The van der Waals surface area contributed by atoms with Crippen LogP contribution in [0, 0.1) is 12.3 Å². The molecular formula is C24H20ClF3N2O2. The molecule has 0 saturated carbocycles. The second-order valence-electron chi connectivity index (χ2n) is 7.12. The zero-order chi connectivity index (χ0) is 23.5. The summed E-state index contributed by atoms with van der Waals surface area (Å²) < 4.78 is 46.0. The summed E-state index contributed by atoms with van der Waals surface area (Å²) in [7, 11) is 0. The van der Waals surface area contributed by atoms with Gasteiger partial charge in [-0.05, 0) is 48.4 Å². The normalized spacial score (nSPS) is 12.3. The largest absolute Gasteiger partial charge is 0.507 e. The van der Waals surface area contributed by atoms with Crippen molar-refractivity contribution in [2.75, 3.05) is 0 Å². The van der Waals surface area contributed by atoms with E-state index in [1.165, 1.54) is 30.3 Å². The van der Waals surface area contributed by atoms with E-state index in [1.54, 1.807) is 43.3 Å². The number of nitrogens with one attached hydrogen (secondary N) is 1. The molecule has 0 radical (unpaired) electrons. The minimum Gasteiger partial charge on any atom is -0.507 e. The molecule has 0 bridgehead atoms. The van der Waals surface area contributed by atoms with Crippen LogP contribution in [0.5, 0.6) is 11.5 Å². The van der Waals surface area contributed by atoms with Crippen LogP contribution in [0.1, 0.15) is 22.3 Å². The number of aromatic hydroxyl groups is 1. The van der Waals surface area contributed by atoms with Gasteiger partial charge < -0.3 is 15.6 Å². The van der Waals surface area contributed by atoms with Gasteiger partial charge in [0.1, 0.15) is 23.8 Å². The third-order valence-electron chi connectivity index (χ3n) is 4.72. The van der Waals surface area contributed by atoms with E-state index in [-0.39, 0.29) is 34.9 Å². The van der Waals surface area contributed by atoms with E-state index in [0.717, 1.165) is 11.1 Å². The third kappa shape index (κ3) is 5.42. The fourth-order valence-corrected chi connectivity index (χ4v) is 3.13. The first-order chi connectivity index (χ1) is 15.1. The number of halogens is 4. The summed E-state index contributed by atoms with van der Waals surface area (Å²) in [5, 5.41) is 18.6. The molecule has 0 spiro atoms. The van der Waals surface area contributed by atoms with E-state index in [1.807, 2.05) is 0 Å². The van der Waals surface area contributed by atoms with Crippen molar-refractivity contribution < 1.29 is 23.0 Å². The van der Waals surface area contributed by atoms with Crippen molar-refractivity contribution in [3.63, 3.8) is 0 Å². The maximum absolute atomic E-state index is 13.4. The Balaban J connectivity index is 2.02. The predicted octanol–water partition coefficient (Wildman–Crippen LogP) is 6.34. The summed E-state index contributed by atoms with van der Waals surface area (Å²) in [5.74, 6) is -0.0431. The second-order valence-corrected chi connectivity index (χ2v) is 7.56. The Hall–Kier alpha value is -3.45. The van der Waals surface area contributed by atoms with Gasteiger partial charge in [0, 0.05) is 16.2 Å². The molecule has 0 aliphatic carbocycles. The molecule has 0 fully saturated rings. The number of ether oxygens (including phenoxy) is 1.